The van der Waals surface area contributed by atoms with Gasteiger partial charge in [0.15, 0.2) is 11.0 Å². The number of aliphatic hydroxyl groups excluding tert-OH is 1. The van der Waals surface area contributed by atoms with E-state index in [0.29, 0.717) is 4.64 Å². The van der Waals surface area contributed by atoms with Gasteiger partial charge < -0.3 is 24.1 Å². The van der Waals surface area contributed by atoms with Crippen LogP contribution in [0.1, 0.15) is 27.0 Å². The van der Waals surface area contributed by atoms with Gasteiger partial charge in [0.1, 0.15) is 28.6 Å². The number of H-pyrrole nitrogens is 1. The Hall–Kier alpha value is -2.43. The number of para-hydroxylation sites is 1. The number of aromatic nitrogens is 2. The summed E-state index contributed by atoms with van der Waals surface area (Å²) >= 11 is 10.2. The van der Waals surface area contributed by atoms with Gasteiger partial charge in [-0.05, 0) is 51.2 Å². The van der Waals surface area contributed by atoms with Gasteiger partial charge in [0.2, 0.25) is 5.67 Å². The smallest absolute Gasteiger partial charge is 0.459 e. The Labute approximate surface area is 223 Å². The Kier molecular flexibility index (Phi) is 9.42. The fourth-order valence-corrected chi connectivity index (χ4v) is 5.42. The SMILES string of the molecule is C#CC1(F)[C@@H](O)[C@@H](COP(=O)(N[C@@H](C)C(=O)OC(C)C)Oc2ccccc2)O[C@H]1n1ccc(=S)[nH]c1=S. The summed E-state index contributed by atoms with van der Waals surface area (Å²) in [6.45, 7) is 4.12. The van der Waals surface area contributed by atoms with E-state index in [4.69, 9.17) is 49.4 Å². The number of alkyl halides is 1. The molecule has 200 valence electrons. The number of hydrogen-bond acceptors (Lipinski definition) is 9. The first-order valence-electron chi connectivity index (χ1n) is 11.2. The molecule has 1 aromatic carbocycles. The number of terminal acetylenes is 1. The molecule has 10 nitrogen and oxygen atoms in total. The summed E-state index contributed by atoms with van der Waals surface area (Å²) in [5.41, 5.74) is -2.71. The van der Waals surface area contributed by atoms with Crippen molar-refractivity contribution < 1.29 is 37.4 Å². The van der Waals surface area contributed by atoms with E-state index in [0.717, 1.165) is 0 Å². The molecule has 37 heavy (non-hydrogen) atoms. The van der Waals surface area contributed by atoms with Crippen LogP contribution in [0.5, 0.6) is 5.75 Å². The first kappa shape index (κ1) is 29.1. The van der Waals surface area contributed by atoms with Gasteiger partial charge in [0.25, 0.3) is 0 Å². The van der Waals surface area contributed by atoms with E-state index in [-0.39, 0.29) is 10.5 Å². The lowest BCUT2D eigenvalue weighted by atomic mass is 9.97. The monoisotopic (exact) mass is 571 g/mol. The summed E-state index contributed by atoms with van der Waals surface area (Å²) < 4.78 is 52.8. The molecule has 0 amide bonds. The topological polar surface area (TPSA) is 124 Å². The molecule has 2 heterocycles. The predicted octanol–water partition coefficient (Wildman–Crippen LogP) is 4.01. The maximum atomic E-state index is 15.8. The second kappa shape index (κ2) is 12.0. The largest absolute Gasteiger partial charge is 0.462 e. The fourth-order valence-electron chi connectivity index (χ4n) is 3.43. The van der Waals surface area contributed by atoms with Crippen molar-refractivity contribution in [1.29, 1.82) is 0 Å². The van der Waals surface area contributed by atoms with E-state index in [1.165, 1.54) is 35.9 Å². The van der Waals surface area contributed by atoms with E-state index in [1.807, 2.05) is 5.92 Å². The van der Waals surface area contributed by atoms with Crippen LogP contribution in [0.4, 0.5) is 4.39 Å². The molecule has 0 bridgehead atoms. The van der Waals surface area contributed by atoms with Crippen molar-refractivity contribution in [3.8, 4) is 18.1 Å². The minimum absolute atomic E-state index is 0.0146. The maximum absolute atomic E-state index is 15.8. The average Bonchev–Trinajstić information content (AvgIpc) is 3.08. The number of halogens is 1. The summed E-state index contributed by atoms with van der Waals surface area (Å²) in [5, 5.41) is 13.2. The first-order valence-corrected chi connectivity index (χ1v) is 13.5. The lowest BCUT2D eigenvalue weighted by molar-refractivity contribution is -0.149. The second-order valence-electron chi connectivity index (χ2n) is 8.44. The highest BCUT2D eigenvalue weighted by atomic mass is 32.1. The molecule has 3 rings (SSSR count). The third-order valence-electron chi connectivity index (χ3n) is 5.21. The van der Waals surface area contributed by atoms with Gasteiger partial charge in [-0.1, -0.05) is 36.3 Å². The third kappa shape index (κ3) is 6.91. The Morgan fingerprint density at radius 1 is 1.35 bits per heavy atom. The van der Waals surface area contributed by atoms with E-state index in [1.54, 1.807) is 32.0 Å². The van der Waals surface area contributed by atoms with Crippen LogP contribution in [-0.4, -0.2) is 57.3 Å². The highest BCUT2D eigenvalue weighted by Gasteiger charge is 2.58. The minimum atomic E-state index is -4.30. The molecule has 14 heteroatoms. The lowest BCUT2D eigenvalue weighted by Gasteiger charge is -2.25. The zero-order valence-electron chi connectivity index (χ0n) is 20.2. The number of carbonyl (C=O) groups excluding carboxylic acids is 1. The molecule has 1 aliphatic heterocycles. The van der Waals surface area contributed by atoms with Crippen LogP contribution in [-0.2, 0) is 23.4 Å². The van der Waals surface area contributed by atoms with E-state index >= 15 is 4.39 Å². The Bertz CT molecular complexity index is 1320. The van der Waals surface area contributed by atoms with Gasteiger partial charge in [0, 0.05) is 6.20 Å². The molecule has 2 unspecified atom stereocenters. The molecule has 1 aromatic heterocycles. The van der Waals surface area contributed by atoms with E-state index < -0.39 is 56.6 Å². The molecule has 0 saturated carbocycles. The molecule has 1 saturated heterocycles. The van der Waals surface area contributed by atoms with Crippen molar-refractivity contribution >= 4 is 38.2 Å². The molecule has 1 fully saturated rings. The number of aliphatic hydroxyl groups is 1. The summed E-state index contributed by atoms with van der Waals surface area (Å²) in [6, 6.07) is 8.41. The number of hydrogen-bond donors (Lipinski definition) is 3. The summed E-state index contributed by atoms with van der Waals surface area (Å²) in [6.07, 6.45) is 1.58. The molecule has 0 radical (unpaired) electrons. The molecule has 2 aromatic rings. The van der Waals surface area contributed by atoms with Gasteiger partial charge in [-0.25, -0.2) is 8.96 Å². The van der Waals surface area contributed by atoms with Gasteiger partial charge in [0.05, 0.1) is 12.7 Å². The maximum Gasteiger partial charge on any atom is 0.459 e. The predicted molar refractivity (Wildman–Crippen MR) is 137 cm³/mol. The van der Waals surface area contributed by atoms with E-state index in [9.17, 15) is 14.5 Å². The highest BCUT2D eigenvalue weighted by molar-refractivity contribution is 7.72. The van der Waals surface area contributed by atoms with Gasteiger partial charge >= 0.3 is 13.7 Å². The number of esters is 1. The Morgan fingerprint density at radius 2 is 2.03 bits per heavy atom. The fraction of sp³-hybridized carbons (Fsp3) is 0.435. The number of ether oxygens (including phenoxy) is 2. The van der Waals surface area contributed by atoms with E-state index in [2.05, 4.69) is 10.1 Å². The van der Waals surface area contributed by atoms with Gasteiger partial charge in [-0.3, -0.25) is 13.9 Å². The van der Waals surface area contributed by atoms with Crippen molar-refractivity contribution in [3.05, 3.63) is 52.0 Å². The standard InChI is InChI=1S/C23H27FN3O7PS2/c1-5-23(24)19(28)17(33-21(23)27-12-11-18(36)25-22(27)37)13-31-35(30,34-16-9-7-6-8-10-16)26-15(4)20(29)32-14(2)3/h1,6-12,14-15,17,19,21,28H,13H2,2-4H3,(H,26,30)(H,25,36,37)/t15-,17+,19-,21+,23?,35?/m0/s1. The molecular formula is C23H27FN3O7PS2. The average molecular weight is 572 g/mol. The number of benzene rings is 1. The summed E-state index contributed by atoms with van der Waals surface area (Å²) in [7, 11) is -4.30. The van der Waals surface area contributed by atoms with Crippen LogP contribution in [0.3, 0.4) is 0 Å². The van der Waals surface area contributed by atoms with Gasteiger partial charge in [-0.15, -0.1) is 6.42 Å². The first-order chi connectivity index (χ1) is 17.4. The molecule has 0 aliphatic carbocycles. The minimum Gasteiger partial charge on any atom is -0.462 e. The normalized spacial score (nSPS) is 25.7. The number of carbonyl (C=O) groups is 1. The van der Waals surface area contributed by atoms with Crippen LogP contribution in [0.25, 0.3) is 0 Å². The highest BCUT2D eigenvalue weighted by Crippen LogP contribution is 2.47. The van der Waals surface area contributed by atoms with Crippen molar-refractivity contribution in [2.45, 2.75) is 57.0 Å². The Morgan fingerprint density at radius 3 is 2.62 bits per heavy atom. The lowest BCUT2D eigenvalue weighted by Crippen LogP contribution is -2.42. The molecule has 1 aliphatic rings. The van der Waals surface area contributed by atoms with Crippen molar-refractivity contribution in [1.82, 2.24) is 14.6 Å². The van der Waals surface area contributed by atoms with Crippen LogP contribution in [0.2, 0.25) is 0 Å². The van der Waals surface area contributed by atoms with Gasteiger partial charge in [-0.2, -0.15) is 5.09 Å². The van der Waals surface area contributed by atoms with Crippen LogP contribution < -0.4 is 9.61 Å². The molecular weight excluding hydrogens is 544 g/mol. The summed E-state index contributed by atoms with van der Waals surface area (Å²) in [4.78, 5) is 15.0. The van der Waals surface area contributed by atoms with Crippen molar-refractivity contribution in [2.24, 2.45) is 0 Å². The molecule has 3 N–H and O–H groups in total. The number of aromatic amines is 1. The second-order valence-corrected chi connectivity index (χ2v) is 11.0. The third-order valence-corrected chi connectivity index (χ3v) is 7.40. The van der Waals surface area contributed by atoms with Crippen LogP contribution in [0.15, 0.2) is 42.6 Å². The summed E-state index contributed by atoms with van der Waals surface area (Å²) in [5.74, 6) is 1.40. The quantitative estimate of drug-likeness (QED) is 0.167. The van der Waals surface area contributed by atoms with Crippen LogP contribution >= 0.6 is 32.2 Å². The van der Waals surface area contributed by atoms with Crippen molar-refractivity contribution in [2.75, 3.05) is 6.61 Å². The zero-order chi connectivity index (χ0) is 27.4. The number of nitrogens with zero attached hydrogens (tertiary/aromatic N) is 1. The molecule has 6 atom stereocenters. The number of nitrogens with one attached hydrogen (secondary N) is 2. The molecule has 0 spiro atoms. The zero-order valence-corrected chi connectivity index (χ0v) is 22.7. The van der Waals surface area contributed by atoms with Crippen LogP contribution in [0, 0.1) is 21.8 Å². The Balaban J connectivity index is 1.84. The number of rotatable bonds is 10. The van der Waals surface area contributed by atoms with Crippen molar-refractivity contribution in [3.63, 3.8) is 0 Å².